The highest BCUT2D eigenvalue weighted by Crippen LogP contribution is 2.31. The van der Waals surface area contributed by atoms with Gasteiger partial charge in [-0.25, -0.2) is 18.0 Å². The standard InChI is InChI=1S/C22H20F3NO3S/c23-17-7-5-15(6-8-17)3-2-10-30-21-20(29-22(27)28)4-1-9-26(21)14-16-11-18(24)13-19(25)12-16/h1,4-8,11-13H,2-3,9-10,14H2,(H,27,28). The van der Waals surface area contributed by atoms with Crippen LogP contribution in [0.15, 0.2) is 65.4 Å². The molecule has 0 saturated carbocycles. The second kappa shape index (κ2) is 10.2. The van der Waals surface area contributed by atoms with E-state index >= 15 is 0 Å². The van der Waals surface area contributed by atoms with Gasteiger partial charge in [0.25, 0.3) is 0 Å². The minimum Gasteiger partial charge on any atom is -0.449 e. The second-order valence-electron chi connectivity index (χ2n) is 6.68. The molecule has 2 aromatic rings. The van der Waals surface area contributed by atoms with Gasteiger partial charge >= 0.3 is 6.16 Å². The molecule has 0 unspecified atom stereocenters. The van der Waals surface area contributed by atoms with E-state index in [2.05, 4.69) is 0 Å². The molecule has 0 aliphatic carbocycles. The topological polar surface area (TPSA) is 49.8 Å². The average Bonchev–Trinajstić information content (AvgIpc) is 2.67. The third kappa shape index (κ3) is 6.32. The van der Waals surface area contributed by atoms with Gasteiger partial charge in [0.2, 0.25) is 0 Å². The first-order chi connectivity index (χ1) is 14.4. The highest BCUT2D eigenvalue weighted by Gasteiger charge is 2.21. The molecule has 0 bridgehead atoms. The Labute approximate surface area is 176 Å². The highest BCUT2D eigenvalue weighted by molar-refractivity contribution is 8.03. The van der Waals surface area contributed by atoms with E-state index in [0.717, 1.165) is 24.5 Å². The van der Waals surface area contributed by atoms with Crippen molar-refractivity contribution in [2.75, 3.05) is 12.3 Å². The van der Waals surface area contributed by atoms with Crippen molar-refractivity contribution in [1.82, 2.24) is 4.90 Å². The lowest BCUT2D eigenvalue weighted by molar-refractivity contribution is 0.119. The van der Waals surface area contributed by atoms with Crippen molar-refractivity contribution in [3.05, 3.63) is 94.0 Å². The Bertz CT molecular complexity index is 940. The molecule has 0 fully saturated rings. The molecule has 3 rings (SSSR count). The lowest BCUT2D eigenvalue weighted by Crippen LogP contribution is -2.26. The first-order valence-corrected chi connectivity index (χ1v) is 10.3. The molecule has 0 spiro atoms. The summed E-state index contributed by atoms with van der Waals surface area (Å²) in [4.78, 5) is 12.9. The van der Waals surface area contributed by atoms with Crippen molar-refractivity contribution in [2.24, 2.45) is 0 Å². The minimum absolute atomic E-state index is 0.178. The molecular weight excluding hydrogens is 415 g/mol. The van der Waals surface area contributed by atoms with Gasteiger partial charge in [0, 0.05) is 19.2 Å². The molecule has 4 nitrogen and oxygen atoms in total. The SMILES string of the molecule is O=C(O)OC1=C(SCCCc2ccc(F)cc2)N(Cc2cc(F)cc(F)c2)CC=C1. The van der Waals surface area contributed by atoms with Crippen LogP contribution in [-0.4, -0.2) is 28.5 Å². The number of benzene rings is 2. The van der Waals surface area contributed by atoms with E-state index in [0.29, 0.717) is 22.9 Å². The molecule has 1 aliphatic heterocycles. The van der Waals surface area contributed by atoms with E-state index < -0.39 is 17.8 Å². The summed E-state index contributed by atoms with van der Waals surface area (Å²) in [6.07, 6.45) is 3.39. The van der Waals surface area contributed by atoms with Gasteiger partial charge in [0.15, 0.2) is 5.76 Å². The predicted molar refractivity (Wildman–Crippen MR) is 109 cm³/mol. The Balaban J connectivity index is 1.69. The number of ether oxygens (including phenoxy) is 1. The predicted octanol–water partition coefficient (Wildman–Crippen LogP) is 5.71. The molecule has 0 amide bonds. The number of hydrogen-bond acceptors (Lipinski definition) is 4. The van der Waals surface area contributed by atoms with Crippen LogP contribution < -0.4 is 0 Å². The van der Waals surface area contributed by atoms with E-state index in [9.17, 15) is 18.0 Å². The van der Waals surface area contributed by atoms with Crippen molar-refractivity contribution in [3.63, 3.8) is 0 Å². The van der Waals surface area contributed by atoms with Crippen LogP contribution in [0.2, 0.25) is 0 Å². The van der Waals surface area contributed by atoms with Crippen LogP contribution in [0.5, 0.6) is 0 Å². The molecule has 158 valence electrons. The molecule has 30 heavy (non-hydrogen) atoms. The fourth-order valence-corrected chi connectivity index (χ4v) is 4.14. The van der Waals surface area contributed by atoms with Gasteiger partial charge in [0.05, 0.1) is 0 Å². The van der Waals surface area contributed by atoms with E-state index in [1.807, 2.05) is 4.90 Å². The minimum atomic E-state index is -1.43. The molecule has 1 aliphatic rings. The molecule has 0 saturated heterocycles. The summed E-state index contributed by atoms with van der Waals surface area (Å²) in [5.74, 6) is -0.792. The Kier molecular flexibility index (Phi) is 7.46. The molecule has 1 N–H and O–H groups in total. The summed E-state index contributed by atoms with van der Waals surface area (Å²) in [7, 11) is 0. The monoisotopic (exact) mass is 435 g/mol. The maximum atomic E-state index is 13.5. The first-order valence-electron chi connectivity index (χ1n) is 9.29. The zero-order chi connectivity index (χ0) is 21.5. The van der Waals surface area contributed by atoms with Crippen molar-refractivity contribution >= 4 is 17.9 Å². The van der Waals surface area contributed by atoms with Gasteiger partial charge < -0.3 is 14.7 Å². The fourth-order valence-electron chi connectivity index (χ4n) is 3.09. The maximum absolute atomic E-state index is 13.5. The van der Waals surface area contributed by atoms with E-state index in [4.69, 9.17) is 9.84 Å². The fraction of sp³-hybridized carbons (Fsp3) is 0.227. The van der Waals surface area contributed by atoms with Crippen LogP contribution in [0.1, 0.15) is 17.5 Å². The summed E-state index contributed by atoms with van der Waals surface area (Å²) >= 11 is 1.41. The third-order valence-electron chi connectivity index (χ3n) is 4.35. The zero-order valence-electron chi connectivity index (χ0n) is 16.0. The van der Waals surface area contributed by atoms with E-state index in [1.165, 1.54) is 36.0 Å². The van der Waals surface area contributed by atoms with Crippen molar-refractivity contribution < 1.29 is 27.8 Å². The Morgan fingerprint density at radius 2 is 1.73 bits per heavy atom. The molecular formula is C22H20F3NO3S. The number of allylic oxidation sites excluding steroid dienone is 1. The smallest absolute Gasteiger partial charge is 0.449 e. The Morgan fingerprint density at radius 1 is 1.03 bits per heavy atom. The Hall–Kier alpha value is -2.87. The Morgan fingerprint density at radius 3 is 2.40 bits per heavy atom. The molecule has 2 aromatic carbocycles. The number of carbonyl (C=O) groups is 1. The van der Waals surface area contributed by atoms with Gasteiger partial charge in [-0.1, -0.05) is 18.2 Å². The van der Waals surface area contributed by atoms with Gasteiger partial charge in [0.1, 0.15) is 22.5 Å². The summed E-state index contributed by atoms with van der Waals surface area (Å²) in [6, 6.07) is 9.58. The molecule has 0 aromatic heterocycles. The largest absolute Gasteiger partial charge is 0.511 e. The zero-order valence-corrected chi connectivity index (χ0v) is 16.8. The molecule has 1 heterocycles. The number of thioether (sulfide) groups is 1. The van der Waals surface area contributed by atoms with Crippen LogP contribution in [0.3, 0.4) is 0 Å². The van der Waals surface area contributed by atoms with Crippen molar-refractivity contribution in [1.29, 1.82) is 0 Å². The van der Waals surface area contributed by atoms with Gasteiger partial charge in [-0.2, -0.15) is 0 Å². The molecule has 0 radical (unpaired) electrons. The quantitative estimate of drug-likeness (QED) is 0.425. The lowest BCUT2D eigenvalue weighted by atomic mass is 10.1. The van der Waals surface area contributed by atoms with Crippen LogP contribution in [0.4, 0.5) is 18.0 Å². The summed E-state index contributed by atoms with van der Waals surface area (Å²) in [6.45, 7) is 0.650. The van der Waals surface area contributed by atoms with E-state index in [1.54, 1.807) is 24.3 Å². The van der Waals surface area contributed by atoms with Gasteiger partial charge in [-0.3, -0.25) is 0 Å². The van der Waals surface area contributed by atoms with Crippen LogP contribution in [-0.2, 0) is 17.7 Å². The molecule has 8 heteroatoms. The van der Waals surface area contributed by atoms with Crippen LogP contribution in [0.25, 0.3) is 0 Å². The van der Waals surface area contributed by atoms with Crippen molar-refractivity contribution in [2.45, 2.75) is 19.4 Å². The number of carboxylic acid groups (broad SMARTS) is 1. The highest BCUT2D eigenvalue weighted by atomic mass is 32.2. The number of rotatable bonds is 8. The summed E-state index contributed by atoms with van der Waals surface area (Å²) in [5.41, 5.74) is 1.44. The number of hydrogen-bond donors (Lipinski definition) is 1. The second-order valence-corrected chi connectivity index (χ2v) is 7.76. The normalized spacial score (nSPS) is 13.6. The summed E-state index contributed by atoms with van der Waals surface area (Å²) < 4.78 is 45.0. The number of aryl methyl sites for hydroxylation is 1. The third-order valence-corrected chi connectivity index (χ3v) is 5.57. The van der Waals surface area contributed by atoms with E-state index in [-0.39, 0.29) is 18.1 Å². The van der Waals surface area contributed by atoms with Gasteiger partial charge in [-0.05, 0) is 60.1 Å². The number of nitrogens with zero attached hydrogens (tertiary/aromatic N) is 1. The van der Waals surface area contributed by atoms with Crippen molar-refractivity contribution in [3.8, 4) is 0 Å². The average molecular weight is 435 g/mol. The summed E-state index contributed by atoms with van der Waals surface area (Å²) in [5, 5.41) is 9.61. The maximum Gasteiger partial charge on any atom is 0.511 e. The lowest BCUT2D eigenvalue weighted by Gasteiger charge is -2.29. The number of halogens is 3. The van der Waals surface area contributed by atoms with Crippen LogP contribution >= 0.6 is 11.8 Å². The first kappa shape index (κ1) is 21.8. The van der Waals surface area contributed by atoms with Gasteiger partial charge in [-0.15, -0.1) is 11.8 Å². The van der Waals surface area contributed by atoms with Crippen LogP contribution in [0, 0.1) is 17.5 Å². The molecule has 0 atom stereocenters.